The van der Waals surface area contributed by atoms with Gasteiger partial charge in [-0.05, 0) is 69.3 Å². The number of aryl methyl sites for hydroxylation is 1. The highest BCUT2D eigenvalue weighted by Gasteiger charge is 2.47. The number of hydrogen-bond donors (Lipinski definition) is 3. The SMILES string of the molecule is C=CCOC(O)(C1CCCN1)C(Cc1ccccc1)NC(=O)c1cc(C(=O)N2CCC[C@@H]2c2nc(C)cs2)cc(-c2ncco2)c1. The molecule has 0 aliphatic carbocycles. The van der Waals surface area contributed by atoms with Gasteiger partial charge in [-0.2, -0.15) is 0 Å². The Morgan fingerprint density at radius 3 is 2.76 bits per heavy atom. The van der Waals surface area contributed by atoms with Crippen LogP contribution in [0, 0.1) is 6.92 Å². The van der Waals surface area contributed by atoms with E-state index in [4.69, 9.17) is 9.15 Å². The first-order valence-electron chi connectivity index (χ1n) is 15.7. The fourth-order valence-corrected chi connectivity index (χ4v) is 7.34. The van der Waals surface area contributed by atoms with Crippen LogP contribution in [0.5, 0.6) is 0 Å². The summed E-state index contributed by atoms with van der Waals surface area (Å²) < 4.78 is 11.7. The Morgan fingerprint density at radius 2 is 2.07 bits per heavy atom. The van der Waals surface area contributed by atoms with E-state index < -0.39 is 23.8 Å². The van der Waals surface area contributed by atoms with E-state index in [1.807, 2.05) is 47.5 Å². The topological polar surface area (TPSA) is 130 Å². The van der Waals surface area contributed by atoms with E-state index in [0.29, 0.717) is 36.4 Å². The quantitative estimate of drug-likeness (QED) is 0.145. The summed E-state index contributed by atoms with van der Waals surface area (Å²) in [6, 6.07) is 13.3. The number of ether oxygens (including phenoxy) is 1. The predicted octanol–water partition coefficient (Wildman–Crippen LogP) is 5.07. The van der Waals surface area contributed by atoms with Gasteiger partial charge in [0.05, 0.1) is 30.9 Å². The first-order valence-corrected chi connectivity index (χ1v) is 16.6. The molecule has 2 aliphatic rings. The third-order valence-electron chi connectivity index (χ3n) is 8.64. The Morgan fingerprint density at radius 1 is 1.24 bits per heavy atom. The third-order valence-corrected chi connectivity index (χ3v) is 9.70. The number of nitrogens with one attached hydrogen (secondary N) is 2. The highest BCUT2D eigenvalue weighted by atomic mass is 32.1. The Labute approximate surface area is 272 Å². The smallest absolute Gasteiger partial charge is 0.254 e. The van der Waals surface area contributed by atoms with E-state index >= 15 is 0 Å². The fraction of sp³-hybridized carbons (Fsp3) is 0.371. The summed E-state index contributed by atoms with van der Waals surface area (Å²) in [4.78, 5) is 39.0. The standard InChI is InChI=1S/C35H39N5O5S/c1-3-16-45-35(43,29-12-7-13-36-29)30(18-24-9-5-4-6-10-24)39-31(41)25-19-26(32-37-14-17-44-32)21-27(20-25)34(42)40-15-8-11-28(40)33-38-23(2)22-46-33/h3-6,9-10,14,17,19-22,28-30,36,43H,1,7-8,11-13,15-16,18H2,2H3,(H,39,41)/t28-,29?,30?,35?/m1/s1. The molecule has 4 atom stereocenters. The van der Waals surface area contributed by atoms with Gasteiger partial charge in [0.2, 0.25) is 11.7 Å². The van der Waals surface area contributed by atoms with Gasteiger partial charge in [-0.15, -0.1) is 17.9 Å². The van der Waals surface area contributed by atoms with E-state index in [1.165, 1.54) is 12.5 Å². The first-order chi connectivity index (χ1) is 22.4. The Hall–Kier alpha value is -4.16. The lowest BCUT2D eigenvalue weighted by Crippen LogP contribution is -2.64. The van der Waals surface area contributed by atoms with Crippen molar-refractivity contribution in [2.45, 2.75) is 62.9 Å². The van der Waals surface area contributed by atoms with Gasteiger partial charge in [0.25, 0.3) is 11.8 Å². The number of thiazole rings is 1. The van der Waals surface area contributed by atoms with E-state index in [1.54, 1.807) is 35.6 Å². The minimum atomic E-state index is -1.73. The molecule has 6 rings (SSSR count). The molecule has 4 aromatic rings. The van der Waals surface area contributed by atoms with Crippen LogP contribution >= 0.6 is 11.3 Å². The summed E-state index contributed by atoms with van der Waals surface area (Å²) in [5.41, 5.74) is 2.93. The lowest BCUT2D eigenvalue weighted by molar-refractivity contribution is -0.230. The molecule has 0 radical (unpaired) electrons. The van der Waals surface area contributed by atoms with Crippen LogP contribution in [0.2, 0.25) is 0 Å². The summed E-state index contributed by atoms with van der Waals surface area (Å²) >= 11 is 1.56. The molecule has 0 spiro atoms. The Kier molecular flexibility index (Phi) is 9.74. The van der Waals surface area contributed by atoms with Crippen molar-refractivity contribution < 1.29 is 23.8 Å². The van der Waals surface area contributed by atoms with Gasteiger partial charge in [0, 0.05) is 34.3 Å². The minimum absolute atomic E-state index is 0.101. The number of hydrogen-bond acceptors (Lipinski definition) is 9. The summed E-state index contributed by atoms with van der Waals surface area (Å²) in [7, 11) is 0. The van der Waals surface area contributed by atoms with E-state index in [9.17, 15) is 14.7 Å². The van der Waals surface area contributed by atoms with Crippen LogP contribution in [0.25, 0.3) is 11.5 Å². The van der Waals surface area contributed by atoms with Crippen LogP contribution in [0.3, 0.4) is 0 Å². The molecule has 2 aromatic heterocycles. The summed E-state index contributed by atoms with van der Waals surface area (Å²) in [5.74, 6) is -2.10. The number of nitrogens with zero attached hydrogens (tertiary/aromatic N) is 3. The average molecular weight is 642 g/mol. The second-order valence-electron chi connectivity index (χ2n) is 11.8. The van der Waals surface area contributed by atoms with Crippen molar-refractivity contribution >= 4 is 23.2 Å². The number of oxazole rings is 1. The molecule has 3 N–H and O–H groups in total. The molecule has 4 heterocycles. The number of aromatic nitrogens is 2. The van der Waals surface area contributed by atoms with Crippen LogP contribution < -0.4 is 10.6 Å². The molecule has 11 heteroatoms. The normalized spacial score (nSPS) is 19.9. The largest absolute Gasteiger partial charge is 0.445 e. The number of aliphatic hydroxyl groups is 1. The van der Waals surface area contributed by atoms with Gasteiger partial charge in [-0.1, -0.05) is 36.4 Å². The van der Waals surface area contributed by atoms with Crippen molar-refractivity contribution in [2.75, 3.05) is 19.7 Å². The summed E-state index contributed by atoms with van der Waals surface area (Å²) in [5, 5.41) is 21.5. The maximum atomic E-state index is 14.2. The van der Waals surface area contributed by atoms with E-state index in [0.717, 1.165) is 42.1 Å². The number of benzene rings is 2. The number of carbonyl (C=O) groups excluding carboxylic acids is 2. The average Bonchev–Trinajstić information content (AvgIpc) is 3.91. The van der Waals surface area contributed by atoms with Gasteiger partial charge >= 0.3 is 0 Å². The van der Waals surface area contributed by atoms with Crippen molar-refractivity contribution in [3.63, 3.8) is 0 Å². The molecule has 0 bridgehead atoms. The van der Waals surface area contributed by atoms with Crippen molar-refractivity contribution in [3.8, 4) is 11.5 Å². The maximum Gasteiger partial charge on any atom is 0.254 e. The lowest BCUT2D eigenvalue weighted by atomic mass is 9.91. The van der Waals surface area contributed by atoms with Crippen LogP contribution in [0.4, 0.5) is 0 Å². The highest BCUT2D eigenvalue weighted by molar-refractivity contribution is 7.09. The molecular formula is C35H39N5O5S. The maximum absolute atomic E-state index is 14.2. The van der Waals surface area contributed by atoms with E-state index in [2.05, 4.69) is 27.2 Å². The number of rotatable bonds is 12. The summed E-state index contributed by atoms with van der Waals surface area (Å²) in [6.45, 7) is 7.14. The molecule has 10 nitrogen and oxygen atoms in total. The summed E-state index contributed by atoms with van der Waals surface area (Å²) in [6.07, 6.45) is 8.11. The molecular weight excluding hydrogens is 602 g/mol. The zero-order valence-corrected chi connectivity index (χ0v) is 26.7. The lowest BCUT2D eigenvalue weighted by Gasteiger charge is -2.40. The van der Waals surface area contributed by atoms with Crippen LogP contribution in [-0.4, -0.2) is 69.4 Å². The molecule has 46 heavy (non-hydrogen) atoms. The predicted molar refractivity (Wildman–Crippen MR) is 175 cm³/mol. The zero-order valence-electron chi connectivity index (χ0n) is 25.9. The zero-order chi connectivity index (χ0) is 32.1. The van der Waals surface area contributed by atoms with Crippen molar-refractivity contribution in [3.05, 3.63) is 106 Å². The van der Waals surface area contributed by atoms with Crippen LogP contribution in [-0.2, 0) is 11.2 Å². The monoisotopic (exact) mass is 641 g/mol. The van der Waals surface area contributed by atoms with Crippen molar-refractivity contribution in [1.29, 1.82) is 0 Å². The molecule has 2 aliphatic heterocycles. The number of amides is 2. The molecule has 2 amide bonds. The first kappa shape index (κ1) is 31.8. The Balaban J connectivity index is 1.35. The second-order valence-corrected chi connectivity index (χ2v) is 12.7. The minimum Gasteiger partial charge on any atom is -0.445 e. The van der Waals surface area contributed by atoms with Crippen molar-refractivity contribution in [2.24, 2.45) is 0 Å². The van der Waals surface area contributed by atoms with Gasteiger partial charge < -0.3 is 29.8 Å². The molecule has 2 aromatic carbocycles. The van der Waals surface area contributed by atoms with Gasteiger partial charge in [0.15, 0.2) is 0 Å². The second kappa shape index (κ2) is 14.1. The van der Waals surface area contributed by atoms with Gasteiger partial charge in [-0.3, -0.25) is 9.59 Å². The molecule has 240 valence electrons. The van der Waals surface area contributed by atoms with Crippen LogP contribution in [0.15, 0.2) is 83.4 Å². The molecule has 2 saturated heterocycles. The molecule has 2 fully saturated rings. The fourth-order valence-electron chi connectivity index (χ4n) is 6.40. The molecule has 3 unspecified atom stereocenters. The van der Waals surface area contributed by atoms with Crippen molar-refractivity contribution in [1.82, 2.24) is 25.5 Å². The van der Waals surface area contributed by atoms with Crippen LogP contribution in [0.1, 0.15) is 68.7 Å². The molecule has 0 saturated carbocycles. The van der Waals surface area contributed by atoms with Gasteiger partial charge in [-0.25, -0.2) is 9.97 Å². The van der Waals surface area contributed by atoms with Gasteiger partial charge in [0.1, 0.15) is 11.3 Å². The Bertz CT molecular complexity index is 1650. The number of likely N-dealkylation sites (tertiary alicyclic amines) is 1. The number of carbonyl (C=O) groups is 2. The van der Waals surface area contributed by atoms with E-state index in [-0.39, 0.29) is 24.1 Å². The third kappa shape index (κ3) is 6.82. The highest BCUT2D eigenvalue weighted by Crippen LogP contribution is 2.35.